The van der Waals surface area contributed by atoms with Gasteiger partial charge in [0.1, 0.15) is 6.04 Å². The number of amides is 2. The third kappa shape index (κ3) is 4.66. The molecule has 0 fully saturated rings. The monoisotopic (exact) mass is 359 g/mol. The molecular formula is C19H25N3O2S. The van der Waals surface area contributed by atoms with E-state index < -0.39 is 6.04 Å². The molecule has 0 aliphatic rings. The second kappa shape index (κ2) is 7.78. The van der Waals surface area contributed by atoms with Crippen molar-refractivity contribution in [2.24, 2.45) is 5.92 Å². The molecule has 0 saturated heterocycles. The number of carbonyl (C=O) groups excluding carboxylic acids is 2. The molecular weight excluding hydrogens is 334 g/mol. The normalized spacial score (nSPS) is 12.1. The predicted octanol–water partition coefficient (Wildman–Crippen LogP) is 3.83. The van der Waals surface area contributed by atoms with Crippen LogP contribution in [0.2, 0.25) is 0 Å². The lowest BCUT2D eigenvalue weighted by molar-refractivity contribution is -0.126. The summed E-state index contributed by atoms with van der Waals surface area (Å²) in [5.41, 5.74) is 5.54. The van der Waals surface area contributed by atoms with Gasteiger partial charge in [0.15, 0.2) is 5.13 Å². The van der Waals surface area contributed by atoms with Crippen LogP contribution in [0.15, 0.2) is 17.5 Å². The van der Waals surface area contributed by atoms with E-state index in [2.05, 4.69) is 48.5 Å². The molecule has 6 heteroatoms. The van der Waals surface area contributed by atoms with Crippen LogP contribution in [0.5, 0.6) is 0 Å². The Morgan fingerprint density at radius 2 is 1.72 bits per heavy atom. The van der Waals surface area contributed by atoms with Gasteiger partial charge in [0, 0.05) is 17.9 Å². The van der Waals surface area contributed by atoms with Crippen LogP contribution in [0, 0.1) is 26.7 Å². The van der Waals surface area contributed by atoms with Crippen molar-refractivity contribution in [3.63, 3.8) is 0 Å². The highest BCUT2D eigenvalue weighted by atomic mass is 32.1. The lowest BCUT2D eigenvalue weighted by atomic mass is 9.99. The zero-order valence-corrected chi connectivity index (χ0v) is 16.4. The Labute approximate surface area is 152 Å². The highest BCUT2D eigenvalue weighted by molar-refractivity contribution is 7.14. The number of anilines is 1. The minimum atomic E-state index is -0.576. The van der Waals surface area contributed by atoms with Crippen molar-refractivity contribution in [3.05, 3.63) is 34.2 Å². The van der Waals surface area contributed by atoms with Crippen LogP contribution in [-0.2, 0) is 9.59 Å². The van der Waals surface area contributed by atoms with Crippen LogP contribution >= 0.6 is 11.3 Å². The summed E-state index contributed by atoms with van der Waals surface area (Å²) < 4.78 is 0. The van der Waals surface area contributed by atoms with Gasteiger partial charge >= 0.3 is 0 Å². The summed E-state index contributed by atoms with van der Waals surface area (Å²) in [7, 11) is 0. The molecule has 0 spiro atoms. The molecule has 1 atom stereocenters. The molecule has 1 heterocycles. The number of thiazole rings is 1. The molecule has 2 N–H and O–H groups in total. The van der Waals surface area contributed by atoms with E-state index in [4.69, 9.17) is 0 Å². The van der Waals surface area contributed by atoms with Crippen molar-refractivity contribution in [1.29, 1.82) is 0 Å². The number of nitrogens with one attached hydrogen (secondary N) is 2. The molecule has 0 saturated carbocycles. The van der Waals surface area contributed by atoms with Crippen molar-refractivity contribution in [3.8, 4) is 11.3 Å². The predicted molar refractivity (Wildman–Crippen MR) is 103 cm³/mol. The van der Waals surface area contributed by atoms with Gasteiger partial charge in [-0.25, -0.2) is 4.98 Å². The summed E-state index contributed by atoms with van der Waals surface area (Å²) in [6, 6.07) is 3.70. The van der Waals surface area contributed by atoms with E-state index in [1.54, 1.807) is 0 Å². The molecule has 0 radical (unpaired) electrons. The summed E-state index contributed by atoms with van der Waals surface area (Å²) >= 11 is 1.38. The van der Waals surface area contributed by atoms with Gasteiger partial charge in [-0.05, 0) is 49.4 Å². The first kappa shape index (κ1) is 19.1. The Morgan fingerprint density at radius 3 is 2.32 bits per heavy atom. The first-order chi connectivity index (χ1) is 11.7. The number of carbonyl (C=O) groups is 2. The second-order valence-electron chi connectivity index (χ2n) is 6.70. The Morgan fingerprint density at radius 1 is 1.08 bits per heavy atom. The number of nitrogens with zero attached hydrogens (tertiary/aromatic N) is 1. The number of hydrogen-bond donors (Lipinski definition) is 2. The molecule has 5 nitrogen and oxygen atoms in total. The molecule has 2 amide bonds. The molecule has 0 aliphatic carbocycles. The van der Waals surface area contributed by atoms with Gasteiger partial charge in [0.2, 0.25) is 11.8 Å². The molecule has 2 rings (SSSR count). The number of rotatable bonds is 5. The fraction of sp³-hybridized carbons (Fsp3) is 0.421. The molecule has 1 aromatic heterocycles. The fourth-order valence-electron chi connectivity index (χ4n) is 2.63. The second-order valence-corrected chi connectivity index (χ2v) is 7.56. The minimum Gasteiger partial charge on any atom is -0.344 e. The van der Waals surface area contributed by atoms with Crippen LogP contribution in [-0.4, -0.2) is 22.8 Å². The Hall–Kier alpha value is -2.21. The van der Waals surface area contributed by atoms with Gasteiger partial charge in [-0.2, -0.15) is 0 Å². The van der Waals surface area contributed by atoms with E-state index in [9.17, 15) is 9.59 Å². The molecule has 1 aromatic carbocycles. The van der Waals surface area contributed by atoms with E-state index in [0.29, 0.717) is 5.13 Å². The average molecular weight is 359 g/mol. The molecule has 1 unspecified atom stereocenters. The van der Waals surface area contributed by atoms with Crippen LogP contribution in [0.25, 0.3) is 11.3 Å². The first-order valence-electron chi connectivity index (χ1n) is 8.30. The summed E-state index contributed by atoms with van der Waals surface area (Å²) in [6.07, 6.45) is 0. The van der Waals surface area contributed by atoms with E-state index in [0.717, 1.165) is 16.8 Å². The summed E-state index contributed by atoms with van der Waals surface area (Å²) in [5.74, 6) is -0.479. The van der Waals surface area contributed by atoms with E-state index in [-0.39, 0.29) is 17.7 Å². The maximum Gasteiger partial charge on any atom is 0.248 e. The Bertz CT molecular complexity index is 796. The van der Waals surface area contributed by atoms with Crippen molar-refractivity contribution < 1.29 is 9.59 Å². The maximum atomic E-state index is 12.4. The Balaban J connectivity index is 2.20. The fourth-order valence-corrected chi connectivity index (χ4v) is 3.34. The molecule has 2 aromatic rings. The quantitative estimate of drug-likeness (QED) is 0.852. The standard InChI is InChI=1S/C19H25N3O2S/c1-10(2)17(20-14(6)23)18(24)22-19-21-16(9-25-19)15-8-12(4)11(3)7-13(15)5/h7-10,17H,1-6H3,(H,20,23)(H,21,22,24). The first-order valence-corrected chi connectivity index (χ1v) is 9.18. The van der Waals surface area contributed by atoms with Crippen molar-refractivity contribution in [2.75, 3.05) is 5.32 Å². The summed E-state index contributed by atoms with van der Waals surface area (Å²) in [5, 5.41) is 7.98. The van der Waals surface area contributed by atoms with Gasteiger partial charge in [0.25, 0.3) is 0 Å². The maximum absolute atomic E-state index is 12.4. The smallest absolute Gasteiger partial charge is 0.248 e. The molecule has 0 aliphatic heterocycles. The lowest BCUT2D eigenvalue weighted by Crippen LogP contribution is -2.46. The van der Waals surface area contributed by atoms with Crippen molar-refractivity contribution >= 4 is 28.3 Å². The molecule has 25 heavy (non-hydrogen) atoms. The lowest BCUT2D eigenvalue weighted by Gasteiger charge is -2.20. The van der Waals surface area contributed by atoms with Crippen LogP contribution in [0.1, 0.15) is 37.5 Å². The number of aryl methyl sites for hydroxylation is 3. The van der Waals surface area contributed by atoms with Gasteiger partial charge in [0.05, 0.1) is 5.69 Å². The number of aromatic nitrogens is 1. The molecule has 0 bridgehead atoms. The SMILES string of the molecule is CC(=O)NC(C(=O)Nc1nc(-c2cc(C)c(C)cc2C)cs1)C(C)C. The van der Waals surface area contributed by atoms with E-state index in [1.165, 1.54) is 29.4 Å². The number of benzene rings is 1. The highest BCUT2D eigenvalue weighted by Gasteiger charge is 2.24. The third-order valence-electron chi connectivity index (χ3n) is 4.16. The van der Waals surface area contributed by atoms with Gasteiger partial charge in [-0.1, -0.05) is 19.9 Å². The zero-order valence-electron chi connectivity index (χ0n) is 15.6. The van der Waals surface area contributed by atoms with E-state index in [1.807, 2.05) is 19.2 Å². The van der Waals surface area contributed by atoms with Gasteiger partial charge < -0.3 is 10.6 Å². The zero-order chi connectivity index (χ0) is 18.7. The third-order valence-corrected chi connectivity index (χ3v) is 4.92. The van der Waals surface area contributed by atoms with Crippen LogP contribution < -0.4 is 10.6 Å². The van der Waals surface area contributed by atoms with Crippen molar-refractivity contribution in [1.82, 2.24) is 10.3 Å². The average Bonchev–Trinajstić information content (AvgIpc) is 2.96. The minimum absolute atomic E-state index is 0.00896. The molecule has 134 valence electrons. The van der Waals surface area contributed by atoms with Gasteiger partial charge in [-0.15, -0.1) is 11.3 Å². The van der Waals surface area contributed by atoms with Gasteiger partial charge in [-0.3, -0.25) is 9.59 Å². The topological polar surface area (TPSA) is 71.1 Å². The summed E-state index contributed by atoms with van der Waals surface area (Å²) in [6.45, 7) is 11.4. The highest BCUT2D eigenvalue weighted by Crippen LogP contribution is 2.29. The van der Waals surface area contributed by atoms with Crippen molar-refractivity contribution in [2.45, 2.75) is 47.6 Å². The number of hydrogen-bond acceptors (Lipinski definition) is 4. The van der Waals surface area contributed by atoms with Crippen LogP contribution in [0.4, 0.5) is 5.13 Å². The van der Waals surface area contributed by atoms with E-state index >= 15 is 0 Å². The summed E-state index contributed by atoms with van der Waals surface area (Å²) in [4.78, 5) is 28.3. The largest absolute Gasteiger partial charge is 0.344 e. The Kier molecular flexibility index (Phi) is 5.95. The van der Waals surface area contributed by atoms with Crippen LogP contribution in [0.3, 0.4) is 0 Å².